The molecule has 0 spiro atoms. The highest BCUT2D eigenvalue weighted by atomic mass is 79.9. The van der Waals surface area contributed by atoms with E-state index >= 15 is 0 Å². The predicted octanol–water partition coefficient (Wildman–Crippen LogP) is 6.14. The summed E-state index contributed by atoms with van der Waals surface area (Å²) in [5, 5.41) is -4.01. The van der Waals surface area contributed by atoms with Gasteiger partial charge in [-0.15, -0.1) is 0 Å². The van der Waals surface area contributed by atoms with Crippen molar-refractivity contribution in [3.63, 3.8) is 0 Å². The molecule has 208 valence electrons. The van der Waals surface area contributed by atoms with Gasteiger partial charge in [-0.2, -0.15) is 8.78 Å². The van der Waals surface area contributed by atoms with Gasteiger partial charge in [0, 0.05) is 17.8 Å². The quantitative estimate of drug-likeness (QED) is 0.0815. The van der Waals surface area contributed by atoms with Crippen LogP contribution >= 0.6 is 15.9 Å². The number of benzene rings is 1. The summed E-state index contributed by atoms with van der Waals surface area (Å²) in [7, 11) is -6.02. The summed E-state index contributed by atoms with van der Waals surface area (Å²) in [5.41, 5.74) is 0.292. The zero-order valence-electron chi connectivity index (χ0n) is 20.6. The molecule has 1 saturated heterocycles. The molecule has 0 N–H and O–H groups in total. The van der Waals surface area contributed by atoms with Crippen LogP contribution in [-0.2, 0) is 35.3 Å². The Morgan fingerprint density at radius 1 is 1.14 bits per heavy atom. The standard InChI is InChI=1S/C12H21BrF2O5S.C12H16FOS/c13-9-7-5-3-1-2-4-6-8-10-20-11(16)12(14,15)21(17,18)19;1-15(12-7-2-3-8-14-12)11-6-4-5-10(13)9-11/h1-10H2,(H,17,18,19);4-6,9,12H,2-3,7-8H2,1H3/q;+1/p-1. The molecule has 36 heavy (non-hydrogen) atoms. The molecule has 1 fully saturated rings. The van der Waals surface area contributed by atoms with Gasteiger partial charge < -0.3 is 14.0 Å². The van der Waals surface area contributed by atoms with E-state index in [4.69, 9.17) is 4.74 Å². The fraction of sp³-hybridized carbons (Fsp3) is 0.708. The van der Waals surface area contributed by atoms with Crippen LogP contribution in [-0.4, -0.2) is 54.4 Å². The molecule has 1 aromatic carbocycles. The van der Waals surface area contributed by atoms with E-state index < -0.39 is 21.3 Å². The molecule has 0 bridgehead atoms. The first-order valence-electron chi connectivity index (χ1n) is 12.1. The van der Waals surface area contributed by atoms with Gasteiger partial charge in [-0.25, -0.2) is 17.6 Å². The van der Waals surface area contributed by atoms with Crippen molar-refractivity contribution in [2.75, 3.05) is 24.8 Å². The number of hydrogen-bond donors (Lipinski definition) is 0. The lowest BCUT2D eigenvalue weighted by Crippen LogP contribution is -2.39. The zero-order chi connectivity index (χ0) is 27.0. The molecule has 0 amide bonds. The van der Waals surface area contributed by atoms with E-state index in [-0.39, 0.29) is 23.3 Å². The maximum atomic E-state index is 13.1. The fourth-order valence-corrected chi connectivity index (χ4v) is 5.79. The van der Waals surface area contributed by atoms with Crippen LogP contribution in [0, 0.1) is 5.82 Å². The second kappa shape index (κ2) is 17.6. The molecule has 2 rings (SSSR count). The summed E-state index contributed by atoms with van der Waals surface area (Å²) < 4.78 is 78.9. The van der Waals surface area contributed by atoms with E-state index in [1.807, 2.05) is 6.07 Å². The first-order chi connectivity index (χ1) is 17.0. The maximum Gasteiger partial charge on any atom is 0.428 e. The van der Waals surface area contributed by atoms with Gasteiger partial charge in [0.15, 0.2) is 15.0 Å². The molecule has 0 saturated carbocycles. The van der Waals surface area contributed by atoms with E-state index in [0.29, 0.717) is 18.3 Å². The first-order valence-corrected chi connectivity index (χ1v) is 16.3. The number of halogens is 4. The van der Waals surface area contributed by atoms with Crippen molar-refractivity contribution in [3.05, 3.63) is 30.1 Å². The summed E-state index contributed by atoms with van der Waals surface area (Å²) >= 11 is 3.35. The average Bonchev–Trinajstić information content (AvgIpc) is 2.84. The Morgan fingerprint density at radius 2 is 1.75 bits per heavy atom. The molecule has 1 aliphatic heterocycles. The molecule has 12 heteroatoms. The lowest BCUT2D eigenvalue weighted by atomic mass is 10.1. The molecular weight excluding hydrogens is 585 g/mol. The van der Waals surface area contributed by atoms with Gasteiger partial charge in [0.2, 0.25) is 5.44 Å². The lowest BCUT2D eigenvalue weighted by Gasteiger charge is -2.20. The Balaban J connectivity index is 0.000000377. The van der Waals surface area contributed by atoms with Crippen molar-refractivity contribution >= 4 is 42.9 Å². The number of unbranched alkanes of at least 4 members (excludes halogenated alkanes) is 7. The normalized spacial score (nSPS) is 17.1. The first kappa shape index (κ1) is 33.2. The Hall–Kier alpha value is -0.820. The van der Waals surface area contributed by atoms with Crippen LogP contribution in [0.1, 0.15) is 70.6 Å². The summed E-state index contributed by atoms with van der Waals surface area (Å²) in [6.07, 6.45) is 13.2. The van der Waals surface area contributed by atoms with E-state index in [1.54, 1.807) is 12.1 Å². The summed E-state index contributed by atoms with van der Waals surface area (Å²) in [6, 6.07) is 6.88. The SMILES string of the molecule is C[S+](c1cccc(F)c1)C1CCCCO1.O=C(OCCCCCCCCCCBr)C(F)(F)S(=O)(=O)[O-]. The number of esters is 1. The van der Waals surface area contributed by atoms with Gasteiger partial charge in [0.25, 0.3) is 0 Å². The molecule has 6 nitrogen and oxygen atoms in total. The highest BCUT2D eigenvalue weighted by molar-refractivity contribution is 9.09. The highest BCUT2D eigenvalue weighted by Gasteiger charge is 2.48. The van der Waals surface area contributed by atoms with Crippen LogP contribution in [0.2, 0.25) is 0 Å². The largest absolute Gasteiger partial charge is 0.743 e. The smallest absolute Gasteiger partial charge is 0.428 e. The van der Waals surface area contributed by atoms with Crippen LogP contribution in [0.25, 0.3) is 0 Å². The van der Waals surface area contributed by atoms with Crippen molar-refractivity contribution < 1.29 is 40.4 Å². The van der Waals surface area contributed by atoms with Crippen LogP contribution in [0.5, 0.6) is 0 Å². The zero-order valence-corrected chi connectivity index (χ0v) is 23.8. The second-order valence-electron chi connectivity index (χ2n) is 8.44. The van der Waals surface area contributed by atoms with E-state index in [2.05, 4.69) is 26.9 Å². The molecule has 1 heterocycles. The van der Waals surface area contributed by atoms with Gasteiger partial charge in [-0.05, 0) is 37.8 Å². The summed E-state index contributed by atoms with van der Waals surface area (Å²) in [5.74, 6) is -2.45. The van der Waals surface area contributed by atoms with Crippen molar-refractivity contribution in [2.45, 2.75) is 86.2 Å². The van der Waals surface area contributed by atoms with Crippen molar-refractivity contribution in [1.82, 2.24) is 0 Å². The number of ether oxygens (including phenoxy) is 2. The van der Waals surface area contributed by atoms with Crippen LogP contribution in [0.3, 0.4) is 0 Å². The Bertz CT molecular complexity index is 867. The van der Waals surface area contributed by atoms with Gasteiger partial charge in [0.05, 0.1) is 24.1 Å². The van der Waals surface area contributed by atoms with Gasteiger partial charge in [0.1, 0.15) is 12.1 Å². The van der Waals surface area contributed by atoms with Gasteiger partial charge >= 0.3 is 11.2 Å². The molecule has 0 radical (unpaired) electrons. The Labute approximate surface area is 223 Å². The van der Waals surface area contributed by atoms with E-state index in [1.165, 1.54) is 18.9 Å². The van der Waals surface area contributed by atoms with Crippen LogP contribution < -0.4 is 0 Å². The minimum absolute atomic E-state index is 0.00765. The molecule has 1 aromatic rings. The van der Waals surface area contributed by atoms with Gasteiger partial charge in [-0.1, -0.05) is 60.5 Å². The predicted molar refractivity (Wildman–Crippen MR) is 138 cm³/mol. The minimum atomic E-state index is -6.03. The van der Waals surface area contributed by atoms with Crippen molar-refractivity contribution in [3.8, 4) is 0 Å². The number of carbonyl (C=O) groups excluding carboxylic acids is 1. The molecule has 0 aromatic heterocycles. The summed E-state index contributed by atoms with van der Waals surface area (Å²) in [6.45, 7) is 0.546. The Kier molecular flexibility index (Phi) is 16.3. The number of rotatable bonds is 14. The summed E-state index contributed by atoms with van der Waals surface area (Å²) in [4.78, 5) is 11.9. The van der Waals surface area contributed by atoms with Crippen LogP contribution in [0.15, 0.2) is 29.2 Å². The Morgan fingerprint density at radius 3 is 2.28 bits per heavy atom. The number of carbonyl (C=O) groups is 1. The molecule has 2 unspecified atom stereocenters. The van der Waals surface area contributed by atoms with Crippen molar-refractivity contribution in [2.24, 2.45) is 0 Å². The second-order valence-corrected chi connectivity index (χ2v) is 12.8. The number of hydrogen-bond acceptors (Lipinski definition) is 6. The van der Waals surface area contributed by atoms with Crippen LogP contribution in [0.4, 0.5) is 13.2 Å². The third kappa shape index (κ3) is 12.6. The van der Waals surface area contributed by atoms with E-state index in [0.717, 1.165) is 61.8 Å². The molecule has 1 aliphatic rings. The fourth-order valence-electron chi connectivity index (χ4n) is 3.42. The van der Waals surface area contributed by atoms with Gasteiger partial charge in [-0.3, -0.25) is 0 Å². The number of alkyl halides is 3. The minimum Gasteiger partial charge on any atom is -0.743 e. The third-order valence-electron chi connectivity index (χ3n) is 5.51. The lowest BCUT2D eigenvalue weighted by molar-refractivity contribution is -0.161. The molecule has 0 aliphatic carbocycles. The molecule has 2 atom stereocenters. The highest BCUT2D eigenvalue weighted by Crippen LogP contribution is 2.25. The topological polar surface area (TPSA) is 92.7 Å². The maximum absolute atomic E-state index is 13.1. The van der Waals surface area contributed by atoms with E-state index in [9.17, 15) is 30.9 Å². The van der Waals surface area contributed by atoms with Crippen molar-refractivity contribution in [1.29, 1.82) is 0 Å². The third-order valence-corrected chi connectivity index (χ3v) is 9.03. The monoisotopic (exact) mass is 620 g/mol. The average molecular weight is 622 g/mol. The molecular formula is C24H36BrF3O6S2.